The van der Waals surface area contributed by atoms with Crippen molar-refractivity contribution >= 4 is 0 Å². The van der Waals surface area contributed by atoms with Crippen LogP contribution in [0.2, 0.25) is 0 Å². The van der Waals surface area contributed by atoms with Gasteiger partial charge in [0.15, 0.2) is 0 Å². The van der Waals surface area contributed by atoms with Crippen molar-refractivity contribution in [3.8, 4) is 0 Å². The van der Waals surface area contributed by atoms with E-state index in [1.54, 1.807) is 5.56 Å². The highest BCUT2D eigenvalue weighted by molar-refractivity contribution is 5.19. The topological polar surface area (TPSA) is 0 Å². The van der Waals surface area contributed by atoms with Crippen LogP contribution >= 0.6 is 0 Å². The molecule has 0 aromatic heterocycles. The summed E-state index contributed by atoms with van der Waals surface area (Å²) in [5, 5.41) is 0. The van der Waals surface area contributed by atoms with Crippen molar-refractivity contribution in [1.29, 1.82) is 0 Å². The van der Waals surface area contributed by atoms with Crippen LogP contribution in [-0.2, 0) is 0 Å². The summed E-state index contributed by atoms with van der Waals surface area (Å²) in [6.45, 7) is 2.44. The Morgan fingerprint density at radius 1 is 0.722 bits per heavy atom. The van der Waals surface area contributed by atoms with Crippen molar-refractivity contribution < 1.29 is 0 Å². The molecule has 1 aromatic carbocycles. The van der Waals surface area contributed by atoms with Gasteiger partial charge in [-0.1, -0.05) is 82.2 Å². The molecule has 1 fully saturated rings. The lowest BCUT2D eigenvalue weighted by Gasteiger charge is -2.17. The van der Waals surface area contributed by atoms with Crippen LogP contribution in [-0.4, -0.2) is 0 Å². The zero-order chi connectivity index (χ0) is 12.6. The van der Waals surface area contributed by atoms with Gasteiger partial charge in [-0.25, -0.2) is 0 Å². The minimum absolute atomic E-state index is 0.819. The predicted octanol–water partition coefficient (Wildman–Crippen LogP) is 5.93. The Labute approximate surface area is 113 Å². The number of benzene rings is 1. The summed E-state index contributed by atoms with van der Waals surface area (Å²) in [5.74, 6) is 1.78. The maximum absolute atomic E-state index is 2.44. The molecule has 0 radical (unpaired) electrons. The first kappa shape index (κ1) is 13.6. The maximum atomic E-state index is 2.44. The third-order valence-corrected chi connectivity index (χ3v) is 4.52. The Morgan fingerprint density at radius 3 is 2.00 bits per heavy atom. The lowest BCUT2D eigenvalue weighted by molar-refractivity contribution is 0.446. The fourth-order valence-electron chi connectivity index (χ4n) is 3.29. The van der Waals surface area contributed by atoms with E-state index in [1.807, 2.05) is 0 Å². The van der Waals surface area contributed by atoms with Crippen LogP contribution in [0.3, 0.4) is 0 Å². The summed E-state index contributed by atoms with van der Waals surface area (Å²) >= 11 is 0. The van der Waals surface area contributed by atoms with Gasteiger partial charge in [-0.3, -0.25) is 0 Å². The molecule has 0 amide bonds. The van der Waals surface area contributed by atoms with Gasteiger partial charge in [0.1, 0.15) is 0 Å². The highest BCUT2D eigenvalue weighted by atomic mass is 14.2. The summed E-state index contributed by atoms with van der Waals surface area (Å²) in [5.41, 5.74) is 1.57. The van der Waals surface area contributed by atoms with Gasteiger partial charge in [0.05, 0.1) is 0 Å². The van der Waals surface area contributed by atoms with E-state index in [9.17, 15) is 0 Å². The molecule has 0 bridgehead atoms. The lowest BCUT2D eigenvalue weighted by atomic mass is 9.89. The van der Waals surface area contributed by atoms with Crippen molar-refractivity contribution in [2.24, 2.45) is 5.92 Å². The van der Waals surface area contributed by atoms with Crippen LogP contribution in [0.15, 0.2) is 30.3 Å². The van der Waals surface area contributed by atoms with Crippen molar-refractivity contribution in [3.05, 3.63) is 35.9 Å². The number of hydrogen-bond donors (Lipinski definition) is 0. The molecule has 1 aromatic rings. The third kappa shape index (κ3) is 4.48. The molecular formula is C18H28. The molecule has 2 rings (SSSR count). The van der Waals surface area contributed by atoms with E-state index in [-0.39, 0.29) is 0 Å². The number of hydrogen-bond acceptors (Lipinski definition) is 0. The molecule has 0 saturated heterocycles. The first-order valence-electron chi connectivity index (χ1n) is 7.91. The summed E-state index contributed by atoms with van der Waals surface area (Å²) in [4.78, 5) is 0. The fraction of sp³-hybridized carbons (Fsp3) is 0.667. The molecule has 1 saturated carbocycles. The smallest absolute Gasteiger partial charge is 0.0162 e. The van der Waals surface area contributed by atoms with Crippen molar-refractivity contribution in [3.63, 3.8) is 0 Å². The molecule has 0 heteroatoms. The van der Waals surface area contributed by atoms with Gasteiger partial charge in [-0.15, -0.1) is 0 Å². The monoisotopic (exact) mass is 244 g/mol. The minimum atomic E-state index is 0.819. The summed E-state index contributed by atoms with van der Waals surface area (Å²) in [6, 6.07) is 11.2. The minimum Gasteiger partial charge on any atom is -0.0625 e. The predicted molar refractivity (Wildman–Crippen MR) is 79.9 cm³/mol. The van der Waals surface area contributed by atoms with E-state index in [0.29, 0.717) is 0 Å². The lowest BCUT2D eigenvalue weighted by Crippen LogP contribution is -1.99. The quantitative estimate of drug-likeness (QED) is 0.574. The fourth-order valence-corrected chi connectivity index (χ4v) is 3.29. The second-order valence-corrected chi connectivity index (χ2v) is 6.14. The Kier molecular flexibility index (Phi) is 5.77. The maximum Gasteiger partial charge on any atom is -0.0162 e. The summed E-state index contributed by atoms with van der Waals surface area (Å²) in [7, 11) is 0. The van der Waals surface area contributed by atoms with Gasteiger partial charge in [0.25, 0.3) is 0 Å². The largest absolute Gasteiger partial charge is 0.0625 e. The van der Waals surface area contributed by atoms with Gasteiger partial charge in [-0.2, -0.15) is 0 Å². The van der Waals surface area contributed by atoms with Crippen molar-refractivity contribution in [1.82, 2.24) is 0 Å². The molecule has 0 spiro atoms. The van der Waals surface area contributed by atoms with Gasteiger partial charge in [0.2, 0.25) is 0 Å². The van der Waals surface area contributed by atoms with E-state index in [1.165, 1.54) is 57.8 Å². The first-order valence-corrected chi connectivity index (χ1v) is 7.91. The van der Waals surface area contributed by atoms with Crippen molar-refractivity contribution in [2.75, 3.05) is 0 Å². The van der Waals surface area contributed by atoms with E-state index < -0.39 is 0 Å². The van der Waals surface area contributed by atoms with Gasteiger partial charge >= 0.3 is 0 Å². The Hall–Kier alpha value is -0.780. The van der Waals surface area contributed by atoms with Crippen LogP contribution in [0, 0.1) is 5.92 Å². The summed E-state index contributed by atoms with van der Waals surface area (Å²) < 4.78 is 0. The molecule has 18 heavy (non-hydrogen) atoms. The number of rotatable bonds is 1. The van der Waals surface area contributed by atoms with E-state index in [4.69, 9.17) is 0 Å². The van der Waals surface area contributed by atoms with E-state index >= 15 is 0 Å². The Balaban J connectivity index is 1.93. The molecule has 1 aliphatic rings. The zero-order valence-electron chi connectivity index (χ0n) is 11.9. The van der Waals surface area contributed by atoms with Crippen LogP contribution in [0.25, 0.3) is 0 Å². The molecule has 2 atom stereocenters. The van der Waals surface area contributed by atoms with Crippen LogP contribution < -0.4 is 0 Å². The van der Waals surface area contributed by atoms with Gasteiger partial charge in [-0.05, 0) is 30.2 Å². The SMILES string of the molecule is CC1CCCCCC(c2ccccc2)CCCC1. The average Bonchev–Trinajstić information content (AvgIpc) is 2.45. The Bertz CT molecular complexity index is 314. The first-order chi connectivity index (χ1) is 8.86. The molecular weight excluding hydrogens is 216 g/mol. The van der Waals surface area contributed by atoms with Crippen molar-refractivity contribution in [2.45, 2.75) is 70.6 Å². The van der Waals surface area contributed by atoms with Gasteiger partial charge < -0.3 is 0 Å². The molecule has 100 valence electrons. The average molecular weight is 244 g/mol. The zero-order valence-corrected chi connectivity index (χ0v) is 11.9. The van der Waals surface area contributed by atoms with Crippen LogP contribution in [0.4, 0.5) is 0 Å². The second kappa shape index (κ2) is 7.61. The van der Waals surface area contributed by atoms with Gasteiger partial charge in [0, 0.05) is 0 Å². The molecule has 0 N–H and O–H groups in total. The summed E-state index contributed by atoms with van der Waals surface area (Å²) in [6.07, 6.45) is 12.9. The standard InChI is InChI=1S/C18H28/c1-16-10-4-2-5-12-18(15-9-8-11-16)17-13-6-3-7-14-17/h3,6-7,13-14,16,18H,2,4-5,8-12,15H2,1H3. The highest BCUT2D eigenvalue weighted by Gasteiger charge is 2.12. The van der Waals surface area contributed by atoms with Crippen LogP contribution in [0.1, 0.15) is 76.2 Å². The molecule has 2 unspecified atom stereocenters. The molecule has 1 aliphatic carbocycles. The second-order valence-electron chi connectivity index (χ2n) is 6.14. The normalized spacial score (nSPS) is 27.4. The van der Waals surface area contributed by atoms with E-state index in [2.05, 4.69) is 37.3 Å². The Morgan fingerprint density at radius 2 is 1.28 bits per heavy atom. The highest BCUT2D eigenvalue weighted by Crippen LogP contribution is 2.30. The molecule has 0 heterocycles. The van der Waals surface area contributed by atoms with Crippen LogP contribution in [0.5, 0.6) is 0 Å². The molecule has 0 aliphatic heterocycles. The molecule has 0 nitrogen and oxygen atoms in total. The third-order valence-electron chi connectivity index (χ3n) is 4.52. The van der Waals surface area contributed by atoms with E-state index in [0.717, 1.165) is 11.8 Å².